The first-order valence-corrected chi connectivity index (χ1v) is 12.5. The zero-order chi connectivity index (χ0) is 28.1. The summed E-state index contributed by atoms with van der Waals surface area (Å²) in [6, 6.07) is 15.5. The number of carbonyl (C=O) groups excluding carboxylic acids is 1. The molecule has 3 rings (SSSR count). The van der Waals surface area contributed by atoms with E-state index in [1.807, 2.05) is 18.2 Å². The number of nitrogens with zero attached hydrogens (tertiary/aromatic N) is 1. The van der Waals surface area contributed by atoms with Crippen molar-refractivity contribution in [3.63, 3.8) is 0 Å². The molecule has 1 heterocycles. The summed E-state index contributed by atoms with van der Waals surface area (Å²) in [4.78, 5) is 16.9. The zero-order valence-electron chi connectivity index (χ0n) is 22.6. The van der Waals surface area contributed by atoms with Gasteiger partial charge in [0.2, 0.25) is 0 Å². The predicted octanol–water partition coefficient (Wildman–Crippen LogP) is 8.29. The van der Waals surface area contributed by atoms with E-state index in [0.717, 1.165) is 48.7 Å². The third kappa shape index (κ3) is 7.13. The molecule has 2 aromatic carbocycles. The van der Waals surface area contributed by atoms with Gasteiger partial charge in [0.05, 0.1) is 30.6 Å². The Morgan fingerprint density at radius 1 is 1.00 bits per heavy atom. The van der Waals surface area contributed by atoms with Crippen molar-refractivity contribution in [1.29, 1.82) is 0 Å². The topological polar surface area (TPSA) is 57.7 Å². The molecule has 0 saturated heterocycles. The fourth-order valence-electron chi connectivity index (χ4n) is 3.83. The first-order chi connectivity index (χ1) is 17.9. The van der Waals surface area contributed by atoms with Gasteiger partial charge in [-0.1, -0.05) is 33.3 Å². The summed E-state index contributed by atoms with van der Waals surface area (Å²) in [5.41, 5.74) is 1.02. The number of ether oxygens (including phenoxy) is 3. The summed E-state index contributed by atoms with van der Waals surface area (Å²) in [6.45, 7) is 11.2. The molecule has 0 N–H and O–H groups in total. The number of halogens is 3. The third-order valence-corrected chi connectivity index (χ3v) is 6.87. The summed E-state index contributed by atoms with van der Waals surface area (Å²) in [5, 5.41) is 0. The molecule has 0 amide bonds. The van der Waals surface area contributed by atoms with E-state index in [2.05, 4.69) is 39.4 Å². The van der Waals surface area contributed by atoms with Crippen LogP contribution in [0.2, 0.25) is 0 Å². The first-order valence-electron chi connectivity index (χ1n) is 12.5. The van der Waals surface area contributed by atoms with Gasteiger partial charge in [-0.05, 0) is 74.4 Å². The molecule has 5 nitrogen and oxygen atoms in total. The Morgan fingerprint density at radius 3 is 2.29 bits per heavy atom. The fraction of sp³-hybridized carbons (Fsp3) is 0.400. The van der Waals surface area contributed by atoms with Gasteiger partial charge in [0, 0.05) is 17.2 Å². The number of benzene rings is 2. The standard InChI is InChI=1S/C30H34F3NO4/c1-7-20(3)29(4,5)37-18-19(2)25-9-8-10-26(34-25)21-11-14-23(15-12-21)38-27-16-13-22(30(31,32)33)17-24(27)28(35)36-6/h8-17,19-20H,7,18H2,1-6H3/t19-,20?/m1/s1. The average molecular weight is 530 g/mol. The number of aromatic nitrogens is 1. The van der Waals surface area contributed by atoms with E-state index in [9.17, 15) is 18.0 Å². The van der Waals surface area contributed by atoms with Gasteiger partial charge < -0.3 is 14.2 Å². The summed E-state index contributed by atoms with van der Waals surface area (Å²) in [7, 11) is 1.10. The number of hydrogen-bond acceptors (Lipinski definition) is 5. The Balaban J connectivity index is 1.76. The van der Waals surface area contributed by atoms with Crippen LogP contribution in [0.15, 0.2) is 60.7 Å². The molecule has 0 spiro atoms. The van der Waals surface area contributed by atoms with Crippen LogP contribution in [-0.2, 0) is 15.7 Å². The van der Waals surface area contributed by atoms with Crippen molar-refractivity contribution in [3.8, 4) is 22.8 Å². The Kier molecular flexibility index (Phi) is 9.20. The molecule has 38 heavy (non-hydrogen) atoms. The third-order valence-electron chi connectivity index (χ3n) is 6.87. The summed E-state index contributed by atoms with van der Waals surface area (Å²) < 4.78 is 55.9. The molecule has 0 aliphatic heterocycles. The second-order valence-corrected chi connectivity index (χ2v) is 9.90. The van der Waals surface area contributed by atoms with Crippen LogP contribution in [0.1, 0.15) is 68.6 Å². The van der Waals surface area contributed by atoms with Crippen LogP contribution < -0.4 is 4.74 Å². The maximum atomic E-state index is 13.1. The van der Waals surface area contributed by atoms with Crippen LogP contribution in [0.4, 0.5) is 13.2 Å². The van der Waals surface area contributed by atoms with E-state index < -0.39 is 17.7 Å². The lowest BCUT2D eigenvalue weighted by Crippen LogP contribution is -2.33. The zero-order valence-corrected chi connectivity index (χ0v) is 22.6. The highest BCUT2D eigenvalue weighted by atomic mass is 19.4. The molecule has 1 unspecified atom stereocenters. The highest BCUT2D eigenvalue weighted by Crippen LogP contribution is 2.35. The van der Waals surface area contributed by atoms with E-state index >= 15 is 0 Å². The van der Waals surface area contributed by atoms with Gasteiger partial charge in [-0.2, -0.15) is 13.2 Å². The molecule has 204 valence electrons. The monoisotopic (exact) mass is 529 g/mol. The SMILES string of the molecule is CCC(C)C(C)(C)OC[C@@H](C)c1cccc(-c2ccc(Oc3ccc(C(F)(F)F)cc3C(=O)OC)cc2)n1. The van der Waals surface area contributed by atoms with Crippen LogP contribution in [0, 0.1) is 5.92 Å². The Bertz CT molecular complexity index is 1240. The second-order valence-electron chi connectivity index (χ2n) is 9.90. The Morgan fingerprint density at radius 2 is 1.68 bits per heavy atom. The molecular formula is C30H34F3NO4. The van der Waals surface area contributed by atoms with Crippen molar-refractivity contribution in [2.45, 2.75) is 58.7 Å². The number of hydrogen-bond donors (Lipinski definition) is 0. The molecule has 8 heteroatoms. The van der Waals surface area contributed by atoms with Crippen molar-refractivity contribution in [1.82, 2.24) is 4.98 Å². The van der Waals surface area contributed by atoms with Crippen LogP contribution in [0.25, 0.3) is 11.3 Å². The minimum absolute atomic E-state index is 0.0353. The van der Waals surface area contributed by atoms with Gasteiger partial charge in [-0.15, -0.1) is 0 Å². The van der Waals surface area contributed by atoms with Crippen LogP contribution in [0.5, 0.6) is 11.5 Å². The van der Waals surface area contributed by atoms with Crippen molar-refractivity contribution in [3.05, 3.63) is 77.5 Å². The first kappa shape index (κ1) is 29.2. The lowest BCUT2D eigenvalue weighted by Gasteiger charge is -2.32. The molecule has 0 saturated carbocycles. The average Bonchev–Trinajstić information content (AvgIpc) is 2.90. The van der Waals surface area contributed by atoms with Crippen LogP contribution >= 0.6 is 0 Å². The van der Waals surface area contributed by atoms with Crippen molar-refractivity contribution < 1.29 is 32.2 Å². The largest absolute Gasteiger partial charge is 0.465 e. The van der Waals surface area contributed by atoms with E-state index in [-0.39, 0.29) is 22.8 Å². The van der Waals surface area contributed by atoms with Gasteiger partial charge in [-0.25, -0.2) is 4.79 Å². The lowest BCUT2D eigenvalue weighted by atomic mass is 9.90. The molecule has 0 fully saturated rings. The quantitative estimate of drug-likeness (QED) is 0.247. The second kappa shape index (κ2) is 12.0. The summed E-state index contributed by atoms with van der Waals surface area (Å²) in [6.07, 6.45) is -3.56. The molecule has 3 aromatic rings. The summed E-state index contributed by atoms with van der Waals surface area (Å²) in [5.74, 6) is -0.0802. The lowest BCUT2D eigenvalue weighted by molar-refractivity contribution is -0.137. The predicted molar refractivity (Wildman–Crippen MR) is 140 cm³/mol. The van der Waals surface area contributed by atoms with E-state index in [1.54, 1.807) is 24.3 Å². The van der Waals surface area contributed by atoms with Gasteiger partial charge in [0.1, 0.15) is 17.1 Å². The van der Waals surface area contributed by atoms with Crippen molar-refractivity contribution in [2.75, 3.05) is 13.7 Å². The smallest absolute Gasteiger partial charge is 0.416 e. The number of esters is 1. The van der Waals surface area contributed by atoms with Gasteiger partial charge in [0.15, 0.2) is 0 Å². The normalized spacial score (nSPS) is 13.6. The van der Waals surface area contributed by atoms with Gasteiger partial charge in [0.25, 0.3) is 0 Å². The number of alkyl halides is 3. The Labute approximate surface area is 222 Å². The molecule has 0 radical (unpaired) electrons. The van der Waals surface area contributed by atoms with E-state index in [0.29, 0.717) is 18.3 Å². The number of pyridine rings is 1. The molecule has 1 aromatic heterocycles. The minimum Gasteiger partial charge on any atom is -0.465 e. The molecular weight excluding hydrogens is 495 g/mol. The molecule has 0 aliphatic rings. The molecule has 0 bridgehead atoms. The van der Waals surface area contributed by atoms with Gasteiger partial charge in [-0.3, -0.25) is 4.98 Å². The molecule has 2 atom stereocenters. The fourth-order valence-corrected chi connectivity index (χ4v) is 3.83. The van der Waals surface area contributed by atoms with E-state index in [4.69, 9.17) is 14.5 Å². The Hall–Kier alpha value is -3.39. The number of methoxy groups -OCH3 is 1. The number of carbonyl (C=O) groups is 1. The van der Waals surface area contributed by atoms with E-state index in [1.165, 1.54) is 0 Å². The van der Waals surface area contributed by atoms with Gasteiger partial charge >= 0.3 is 12.1 Å². The molecule has 0 aliphatic carbocycles. The van der Waals surface area contributed by atoms with Crippen LogP contribution in [-0.4, -0.2) is 30.3 Å². The highest BCUT2D eigenvalue weighted by Gasteiger charge is 2.32. The van der Waals surface area contributed by atoms with Crippen molar-refractivity contribution in [2.24, 2.45) is 5.92 Å². The van der Waals surface area contributed by atoms with Crippen LogP contribution in [0.3, 0.4) is 0 Å². The maximum absolute atomic E-state index is 13.1. The maximum Gasteiger partial charge on any atom is 0.416 e. The number of rotatable bonds is 10. The summed E-state index contributed by atoms with van der Waals surface area (Å²) >= 11 is 0. The minimum atomic E-state index is -4.60. The van der Waals surface area contributed by atoms with Crippen molar-refractivity contribution >= 4 is 5.97 Å². The highest BCUT2D eigenvalue weighted by molar-refractivity contribution is 5.92.